The summed E-state index contributed by atoms with van der Waals surface area (Å²) in [7, 11) is -1.65. The Hall–Kier alpha value is -1.64. The van der Waals surface area contributed by atoms with Crippen molar-refractivity contribution in [1.29, 1.82) is 0 Å². The normalized spacial score (nSPS) is 23.3. The standard InChI is InChI=1S/C17H24N2O5S/c1-3-23-17(20)16-9-13-8-14(4-5-15(13)24-16)25(21,22)19-7-6-12(11-19)10-18-2/h4-5,8,12,16,18H,3,6-7,9-11H2,1-2H3. The molecule has 2 aliphatic rings. The van der Waals surface area contributed by atoms with Crippen LogP contribution in [0.1, 0.15) is 18.9 Å². The molecule has 7 nitrogen and oxygen atoms in total. The van der Waals surface area contributed by atoms with Gasteiger partial charge in [-0.25, -0.2) is 13.2 Å². The van der Waals surface area contributed by atoms with Crippen molar-refractivity contribution >= 4 is 16.0 Å². The fourth-order valence-electron chi connectivity index (χ4n) is 3.37. The number of carbonyl (C=O) groups is 1. The maximum Gasteiger partial charge on any atom is 0.347 e. The lowest BCUT2D eigenvalue weighted by Crippen LogP contribution is -2.30. The van der Waals surface area contributed by atoms with Crippen molar-refractivity contribution in [2.24, 2.45) is 5.92 Å². The zero-order valence-corrected chi connectivity index (χ0v) is 15.3. The van der Waals surface area contributed by atoms with Crippen LogP contribution in [0.5, 0.6) is 5.75 Å². The number of hydrogen-bond donors (Lipinski definition) is 1. The molecule has 0 radical (unpaired) electrons. The van der Waals surface area contributed by atoms with E-state index in [-0.39, 0.29) is 11.5 Å². The predicted octanol–water partition coefficient (Wildman–Crippen LogP) is 0.783. The van der Waals surface area contributed by atoms with E-state index in [1.165, 1.54) is 4.31 Å². The van der Waals surface area contributed by atoms with Gasteiger partial charge in [0.2, 0.25) is 10.0 Å². The van der Waals surface area contributed by atoms with Crippen LogP contribution in [0.3, 0.4) is 0 Å². The molecule has 0 spiro atoms. The summed E-state index contributed by atoms with van der Waals surface area (Å²) in [5, 5.41) is 3.10. The number of nitrogens with zero attached hydrogens (tertiary/aromatic N) is 1. The highest BCUT2D eigenvalue weighted by atomic mass is 32.2. The van der Waals surface area contributed by atoms with Gasteiger partial charge in [-0.1, -0.05) is 0 Å². The van der Waals surface area contributed by atoms with Gasteiger partial charge < -0.3 is 14.8 Å². The molecular weight excluding hydrogens is 344 g/mol. The predicted molar refractivity (Wildman–Crippen MR) is 92.0 cm³/mol. The molecule has 0 saturated carbocycles. The summed E-state index contributed by atoms with van der Waals surface area (Å²) in [6.07, 6.45) is 0.499. The van der Waals surface area contributed by atoms with Crippen molar-refractivity contribution in [2.75, 3.05) is 33.3 Å². The Morgan fingerprint density at radius 1 is 1.44 bits per heavy atom. The summed E-state index contributed by atoms with van der Waals surface area (Å²) in [5.41, 5.74) is 0.727. The van der Waals surface area contributed by atoms with Crippen molar-refractivity contribution in [3.05, 3.63) is 23.8 Å². The number of rotatable bonds is 6. The molecule has 2 unspecified atom stereocenters. The number of nitrogens with one attached hydrogen (secondary N) is 1. The summed E-state index contributed by atoms with van der Waals surface area (Å²) in [6, 6.07) is 4.80. The molecule has 1 N–H and O–H groups in total. The Morgan fingerprint density at radius 2 is 2.24 bits per heavy atom. The largest absolute Gasteiger partial charge is 0.478 e. The average molecular weight is 368 g/mol. The molecule has 2 heterocycles. The van der Waals surface area contributed by atoms with Crippen molar-refractivity contribution < 1.29 is 22.7 Å². The van der Waals surface area contributed by atoms with Gasteiger partial charge in [-0.3, -0.25) is 0 Å². The van der Waals surface area contributed by atoms with Crippen molar-refractivity contribution in [3.8, 4) is 5.75 Å². The number of sulfonamides is 1. The van der Waals surface area contributed by atoms with Gasteiger partial charge in [0.25, 0.3) is 0 Å². The number of carbonyl (C=O) groups excluding carboxylic acids is 1. The number of fused-ring (bicyclic) bond motifs is 1. The van der Waals surface area contributed by atoms with Crippen LogP contribution in [0.15, 0.2) is 23.1 Å². The molecule has 2 aliphatic heterocycles. The van der Waals surface area contributed by atoms with Crippen LogP contribution in [-0.4, -0.2) is 58.1 Å². The number of esters is 1. The van der Waals surface area contributed by atoms with E-state index < -0.39 is 22.1 Å². The summed E-state index contributed by atoms with van der Waals surface area (Å²) >= 11 is 0. The second kappa shape index (κ2) is 7.31. The van der Waals surface area contributed by atoms with Crippen LogP contribution in [0.2, 0.25) is 0 Å². The minimum absolute atomic E-state index is 0.254. The zero-order chi connectivity index (χ0) is 18.0. The average Bonchev–Trinajstić information content (AvgIpc) is 3.21. The Labute approximate surface area is 148 Å². The van der Waals surface area contributed by atoms with E-state index in [9.17, 15) is 13.2 Å². The summed E-state index contributed by atoms with van der Waals surface area (Å²) < 4.78 is 37.8. The number of benzene rings is 1. The number of ether oxygens (including phenoxy) is 2. The number of hydrogen-bond acceptors (Lipinski definition) is 6. The van der Waals surface area contributed by atoms with Gasteiger partial charge in [-0.2, -0.15) is 4.31 Å². The third-order valence-electron chi connectivity index (χ3n) is 4.64. The first-order valence-corrected chi connectivity index (χ1v) is 10.0. The van der Waals surface area contributed by atoms with Crippen molar-refractivity contribution in [2.45, 2.75) is 30.8 Å². The second-order valence-corrected chi connectivity index (χ2v) is 8.35. The summed E-state index contributed by atoms with van der Waals surface area (Å²) in [5.74, 6) is 0.467. The Balaban J connectivity index is 1.75. The van der Waals surface area contributed by atoms with Crippen LogP contribution in [0, 0.1) is 5.92 Å². The highest BCUT2D eigenvalue weighted by molar-refractivity contribution is 7.89. The lowest BCUT2D eigenvalue weighted by molar-refractivity contribution is -0.150. The van der Waals surface area contributed by atoms with Crippen LogP contribution >= 0.6 is 0 Å². The molecular formula is C17H24N2O5S. The Bertz CT molecular complexity index is 749. The van der Waals surface area contributed by atoms with E-state index >= 15 is 0 Å². The first-order chi connectivity index (χ1) is 12.0. The molecule has 0 aliphatic carbocycles. The van der Waals surface area contributed by atoms with Crippen molar-refractivity contribution in [3.63, 3.8) is 0 Å². The van der Waals surface area contributed by atoms with Crippen LogP contribution < -0.4 is 10.1 Å². The smallest absolute Gasteiger partial charge is 0.347 e. The molecule has 8 heteroatoms. The molecule has 2 atom stereocenters. The van der Waals surface area contributed by atoms with Gasteiger partial charge in [0.05, 0.1) is 11.5 Å². The van der Waals surface area contributed by atoms with Crippen molar-refractivity contribution in [1.82, 2.24) is 9.62 Å². The van der Waals surface area contributed by atoms with Gasteiger partial charge >= 0.3 is 5.97 Å². The molecule has 0 bridgehead atoms. The first kappa shape index (κ1) is 18.2. The quantitative estimate of drug-likeness (QED) is 0.747. The third kappa shape index (κ3) is 3.65. The van der Waals surface area contributed by atoms with E-state index in [1.807, 2.05) is 7.05 Å². The molecule has 0 aromatic heterocycles. The topological polar surface area (TPSA) is 84.9 Å². The van der Waals surface area contributed by atoms with Gasteiger partial charge in [0.1, 0.15) is 5.75 Å². The van der Waals surface area contributed by atoms with E-state index in [0.29, 0.717) is 31.2 Å². The van der Waals surface area contributed by atoms with Gasteiger partial charge in [0, 0.05) is 19.5 Å². The van der Waals surface area contributed by atoms with Gasteiger partial charge in [-0.15, -0.1) is 0 Å². The molecule has 1 aromatic carbocycles. The van der Waals surface area contributed by atoms with E-state index in [4.69, 9.17) is 9.47 Å². The summed E-state index contributed by atoms with van der Waals surface area (Å²) in [4.78, 5) is 12.1. The fourth-order valence-corrected chi connectivity index (χ4v) is 4.95. The second-order valence-electron chi connectivity index (χ2n) is 6.41. The third-order valence-corrected chi connectivity index (χ3v) is 6.50. The molecule has 25 heavy (non-hydrogen) atoms. The molecule has 0 amide bonds. The van der Waals surface area contributed by atoms with Gasteiger partial charge in [-0.05, 0) is 56.6 Å². The SMILES string of the molecule is CCOC(=O)C1Cc2cc(S(=O)(=O)N3CCC(CNC)C3)ccc2O1. The fraction of sp³-hybridized carbons (Fsp3) is 0.588. The molecule has 1 fully saturated rings. The maximum atomic E-state index is 12.9. The van der Waals surface area contributed by atoms with E-state index in [1.54, 1.807) is 25.1 Å². The maximum absolute atomic E-state index is 12.9. The molecule has 3 rings (SSSR count). The van der Waals surface area contributed by atoms with Crippen LogP contribution in [0.4, 0.5) is 0 Å². The highest BCUT2D eigenvalue weighted by Gasteiger charge is 2.35. The Morgan fingerprint density at radius 3 is 2.96 bits per heavy atom. The van der Waals surface area contributed by atoms with E-state index in [0.717, 1.165) is 18.5 Å². The van der Waals surface area contributed by atoms with E-state index in [2.05, 4.69) is 5.32 Å². The van der Waals surface area contributed by atoms with Crippen LogP contribution in [0.25, 0.3) is 0 Å². The van der Waals surface area contributed by atoms with Crippen LogP contribution in [-0.2, 0) is 26.0 Å². The first-order valence-electron chi connectivity index (χ1n) is 8.56. The summed E-state index contributed by atoms with van der Waals surface area (Å²) in [6.45, 7) is 3.90. The zero-order valence-electron chi connectivity index (χ0n) is 14.5. The highest BCUT2D eigenvalue weighted by Crippen LogP contribution is 2.33. The minimum Gasteiger partial charge on any atom is -0.478 e. The molecule has 1 aromatic rings. The lowest BCUT2D eigenvalue weighted by atomic mass is 10.1. The van der Waals surface area contributed by atoms with Gasteiger partial charge in [0.15, 0.2) is 6.10 Å². The molecule has 1 saturated heterocycles. The Kier molecular flexibility index (Phi) is 5.31. The molecule has 138 valence electrons. The lowest BCUT2D eigenvalue weighted by Gasteiger charge is -2.17. The monoisotopic (exact) mass is 368 g/mol. The minimum atomic E-state index is -3.53.